The van der Waals surface area contributed by atoms with Crippen LogP contribution in [0.15, 0.2) is 0 Å². The van der Waals surface area contributed by atoms with Crippen molar-refractivity contribution < 1.29 is 29.4 Å². The van der Waals surface area contributed by atoms with Crippen molar-refractivity contribution in [3.8, 4) is 0 Å². The Morgan fingerprint density at radius 2 is 1.06 bits per heavy atom. The van der Waals surface area contributed by atoms with Gasteiger partial charge in [-0.15, -0.1) is 0 Å². The quantitative estimate of drug-likeness (QED) is 0.121. The van der Waals surface area contributed by atoms with Gasteiger partial charge in [0.2, 0.25) is 11.8 Å². The van der Waals surface area contributed by atoms with Crippen LogP contribution in [0.25, 0.3) is 0 Å². The van der Waals surface area contributed by atoms with E-state index in [0.29, 0.717) is 19.4 Å². The molecule has 8 nitrogen and oxygen atoms in total. The summed E-state index contributed by atoms with van der Waals surface area (Å²) < 4.78 is 0. The molecule has 2 amide bonds. The van der Waals surface area contributed by atoms with Crippen LogP contribution in [0, 0.1) is 0 Å². The maximum Gasteiger partial charge on any atom is 0.326 e. The van der Waals surface area contributed by atoms with E-state index in [0.717, 1.165) is 57.8 Å². The zero-order chi connectivity index (χ0) is 26.2. The van der Waals surface area contributed by atoms with Crippen molar-refractivity contribution in [2.75, 3.05) is 6.54 Å². The van der Waals surface area contributed by atoms with E-state index in [2.05, 4.69) is 10.6 Å². The molecule has 0 aliphatic rings. The van der Waals surface area contributed by atoms with Crippen LogP contribution in [0.2, 0.25) is 0 Å². The van der Waals surface area contributed by atoms with Gasteiger partial charge in [-0.25, -0.2) is 4.79 Å². The van der Waals surface area contributed by atoms with E-state index in [1.165, 1.54) is 44.9 Å². The van der Waals surface area contributed by atoms with E-state index in [4.69, 9.17) is 5.11 Å². The van der Waals surface area contributed by atoms with E-state index < -0.39 is 18.0 Å². The van der Waals surface area contributed by atoms with Crippen LogP contribution in [-0.4, -0.2) is 46.6 Å². The molecule has 1 atom stereocenters. The summed E-state index contributed by atoms with van der Waals surface area (Å²) in [5.74, 6) is -2.23. The van der Waals surface area contributed by atoms with Crippen LogP contribution < -0.4 is 10.6 Å². The first-order valence-electron chi connectivity index (χ1n) is 13.9. The van der Waals surface area contributed by atoms with Crippen molar-refractivity contribution in [3.05, 3.63) is 0 Å². The number of nitrogens with one attached hydrogen (secondary N) is 2. The average Bonchev–Trinajstić information content (AvgIpc) is 2.81. The molecule has 35 heavy (non-hydrogen) atoms. The lowest BCUT2D eigenvalue weighted by molar-refractivity contribution is -0.142. The maximum atomic E-state index is 12.1. The number of carbonyl (C=O) groups excluding carboxylic acids is 2. The Bertz CT molecular complexity index is 582. The number of carboxylic acids is 2. The predicted octanol–water partition coefficient (Wildman–Crippen LogP) is 5.58. The van der Waals surface area contributed by atoms with Crippen LogP contribution in [-0.2, 0) is 19.2 Å². The monoisotopic (exact) mass is 498 g/mol. The molecular formula is C27H50N2O6. The lowest BCUT2D eigenvalue weighted by Gasteiger charge is -2.14. The highest BCUT2D eigenvalue weighted by molar-refractivity contribution is 5.84. The van der Waals surface area contributed by atoms with Gasteiger partial charge in [0.25, 0.3) is 0 Å². The average molecular weight is 499 g/mol. The molecule has 0 aliphatic heterocycles. The molecule has 0 aliphatic carbocycles. The maximum absolute atomic E-state index is 12.1. The predicted molar refractivity (Wildman–Crippen MR) is 138 cm³/mol. The van der Waals surface area contributed by atoms with Crippen molar-refractivity contribution in [2.24, 2.45) is 0 Å². The van der Waals surface area contributed by atoms with Gasteiger partial charge in [-0.1, -0.05) is 90.4 Å². The van der Waals surface area contributed by atoms with Crippen LogP contribution in [0.4, 0.5) is 0 Å². The smallest absolute Gasteiger partial charge is 0.326 e. The molecule has 0 heterocycles. The Labute approximate surface area is 212 Å². The first kappa shape index (κ1) is 32.9. The molecule has 0 radical (unpaired) electrons. The van der Waals surface area contributed by atoms with Gasteiger partial charge < -0.3 is 20.8 Å². The molecule has 8 heteroatoms. The first-order chi connectivity index (χ1) is 16.9. The second kappa shape index (κ2) is 23.6. The molecule has 204 valence electrons. The summed E-state index contributed by atoms with van der Waals surface area (Å²) in [4.78, 5) is 45.6. The fourth-order valence-electron chi connectivity index (χ4n) is 3.98. The second-order valence-corrected chi connectivity index (χ2v) is 9.54. The minimum absolute atomic E-state index is 0.0928. The number of carboxylic acid groups (broad SMARTS) is 2. The summed E-state index contributed by atoms with van der Waals surface area (Å²) in [6.07, 6.45) is 18.3. The zero-order valence-corrected chi connectivity index (χ0v) is 22.0. The minimum Gasteiger partial charge on any atom is -0.481 e. The molecular weight excluding hydrogens is 448 g/mol. The molecule has 0 saturated heterocycles. The number of carbonyl (C=O) groups is 4. The molecule has 0 saturated carbocycles. The Balaban J connectivity index is 3.58. The summed E-state index contributed by atoms with van der Waals surface area (Å²) in [5, 5.41) is 23.2. The lowest BCUT2D eigenvalue weighted by Crippen LogP contribution is -2.41. The standard InChI is InChI=1S/C27H50N2O6/c1-2-3-22-28-24(30)21-20-23(27(34)35)29-25(31)18-16-14-12-10-8-6-4-5-7-9-11-13-15-17-19-26(32)33/h23H,2-22H2,1H3,(H,28,30)(H,29,31)(H,32,33)(H,34,35). The fraction of sp³-hybridized carbons (Fsp3) is 0.852. The van der Waals surface area contributed by atoms with Gasteiger partial charge in [0.15, 0.2) is 0 Å². The van der Waals surface area contributed by atoms with Gasteiger partial charge >= 0.3 is 11.9 Å². The van der Waals surface area contributed by atoms with Crippen LogP contribution in [0.3, 0.4) is 0 Å². The normalized spacial score (nSPS) is 11.7. The third-order valence-electron chi connectivity index (χ3n) is 6.19. The van der Waals surface area contributed by atoms with Gasteiger partial charge in [-0.05, 0) is 25.7 Å². The van der Waals surface area contributed by atoms with E-state index in [1.807, 2.05) is 6.92 Å². The Morgan fingerprint density at radius 1 is 0.600 bits per heavy atom. The second-order valence-electron chi connectivity index (χ2n) is 9.54. The van der Waals surface area contributed by atoms with Crippen LogP contribution in [0.5, 0.6) is 0 Å². The number of aliphatic carboxylic acids is 2. The molecule has 1 unspecified atom stereocenters. The highest BCUT2D eigenvalue weighted by atomic mass is 16.4. The Hall–Kier alpha value is -2.12. The van der Waals surface area contributed by atoms with Crippen LogP contribution >= 0.6 is 0 Å². The third kappa shape index (κ3) is 23.4. The topological polar surface area (TPSA) is 133 Å². The highest BCUT2D eigenvalue weighted by Gasteiger charge is 2.20. The summed E-state index contributed by atoms with van der Waals surface area (Å²) >= 11 is 0. The summed E-state index contributed by atoms with van der Waals surface area (Å²) in [6, 6.07) is -1.02. The minimum atomic E-state index is -1.10. The summed E-state index contributed by atoms with van der Waals surface area (Å²) in [7, 11) is 0. The van der Waals surface area contributed by atoms with Gasteiger partial charge in [-0.2, -0.15) is 0 Å². The molecule has 4 N–H and O–H groups in total. The number of rotatable bonds is 25. The number of unbranched alkanes of at least 4 members (excludes halogenated alkanes) is 14. The van der Waals surface area contributed by atoms with E-state index in [-0.39, 0.29) is 24.7 Å². The van der Waals surface area contributed by atoms with Crippen molar-refractivity contribution in [2.45, 2.75) is 141 Å². The van der Waals surface area contributed by atoms with E-state index >= 15 is 0 Å². The number of hydrogen-bond donors (Lipinski definition) is 4. The lowest BCUT2D eigenvalue weighted by atomic mass is 10.0. The number of hydrogen-bond acceptors (Lipinski definition) is 4. The van der Waals surface area contributed by atoms with Crippen molar-refractivity contribution in [1.82, 2.24) is 10.6 Å². The largest absolute Gasteiger partial charge is 0.481 e. The summed E-state index contributed by atoms with van der Waals surface area (Å²) in [5.41, 5.74) is 0. The molecule has 0 rings (SSSR count). The molecule has 0 fully saturated rings. The van der Waals surface area contributed by atoms with Gasteiger partial charge in [0, 0.05) is 25.8 Å². The molecule has 0 spiro atoms. The molecule has 0 aromatic heterocycles. The van der Waals surface area contributed by atoms with Gasteiger partial charge in [0.05, 0.1) is 0 Å². The van der Waals surface area contributed by atoms with Crippen molar-refractivity contribution in [3.63, 3.8) is 0 Å². The van der Waals surface area contributed by atoms with Gasteiger partial charge in [-0.3, -0.25) is 14.4 Å². The summed E-state index contributed by atoms with van der Waals surface area (Å²) in [6.45, 7) is 2.63. The Morgan fingerprint density at radius 3 is 1.49 bits per heavy atom. The van der Waals surface area contributed by atoms with Crippen LogP contribution in [0.1, 0.15) is 135 Å². The van der Waals surface area contributed by atoms with E-state index in [9.17, 15) is 24.3 Å². The Kier molecular flexibility index (Phi) is 22.2. The number of amides is 2. The molecule has 0 aromatic carbocycles. The first-order valence-corrected chi connectivity index (χ1v) is 13.9. The van der Waals surface area contributed by atoms with Crippen molar-refractivity contribution in [1.29, 1.82) is 0 Å². The molecule has 0 bridgehead atoms. The molecule has 0 aromatic rings. The highest BCUT2D eigenvalue weighted by Crippen LogP contribution is 2.14. The van der Waals surface area contributed by atoms with E-state index in [1.54, 1.807) is 0 Å². The third-order valence-corrected chi connectivity index (χ3v) is 6.19. The zero-order valence-electron chi connectivity index (χ0n) is 22.0. The van der Waals surface area contributed by atoms with Crippen molar-refractivity contribution >= 4 is 23.8 Å². The SMILES string of the molecule is CCCCNC(=O)CCC(NC(=O)CCCCCCCCCCCCCCCCC(=O)O)C(=O)O. The fourth-order valence-corrected chi connectivity index (χ4v) is 3.98. The van der Waals surface area contributed by atoms with Gasteiger partial charge in [0.1, 0.15) is 6.04 Å².